The summed E-state index contributed by atoms with van der Waals surface area (Å²) in [6.07, 6.45) is 0.510. The first-order chi connectivity index (χ1) is 8.33. The molecule has 2 N–H and O–H groups in total. The molecule has 0 radical (unpaired) electrons. The maximum Gasteiger partial charge on any atom is 0.309 e. The van der Waals surface area contributed by atoms with Crippen molar-refractivity contribution in [2.75, 3.05) is 6.54 Å². The van der Waals surface area contributed by atoms with E-state index in [2.05, 4.69) is 5.32 Å². The lowest BCUT2D eigenvalue weighted by Crippen LogP contribution is -2.29. The molecular formula is C14H20FNO2. The summed E-state index contributed by atoms with van der Waals surface area (Å²) in [4.78, 5) is 10.9. The van der Waals surface area contributed by atoms with Crippen molar-refractivity contribution in [1.82, 2.24) is 5.32 Å². The Hall–Kier alpha value is -1.42. The second-order valence-electron chi connectivity index (χ2n) is 5.21. The van der Waals surface area contributed by atoms with Gasteiger partial charge in [-0.05, 0) is 39.8 Å². The minimum atomic E-state index is -0.814. The largest absolute Gasteiger partial charge is 0.481 e. The number of carboxylic acids is 1. The van der Waals surface area contributed by atoms with Gasteiger partial charge in [-0.3, -0.25) is 4.79 Å². The lowest BCUT2D eigenvalue weighted by atomic mass is 9.90. The predicted molar refractivity (Wildman–Crippen MR) is 68.9 cm³/mol. The van der Waals surface area contributed by atoms with Crippen LogP contribution in [0.5, 0.6) is 0 Å². The van der Waals surface area contributed by atoms with Gasteiger partial charge in [0, 0.05) is 12.1 Å². The van der Waals surface area contributed by atoms with Crippen LogP contribution in [0.1, 0.15) is 31.4 Å². The smallest absolute Gasteiger partial charge is 0.309 e. The van der Waals surface area contributed by atoms with Crippen molar-refractivity contribution in [3.63, 3.8) is 0 Å². The van der Waals surface area contributed by atoms with E-state index < -0.39 is 11.4 Å². The Labute approximate surface area is 107 Å². The number of aryl methyl sites for hydroxylation is 1. The Morgan fingerprint density at radius 3 is 2.72 bits per heavy atom. The van der Waals surface area contributed by atoms with Crippen molar-refractivity contribution >= 4 is 5.97 Å². The zero-order chi connectivity index (χ0) is 13.8. The standard InChI is InChI=1S/C14H20FNO2/c1-10-4-5-12(15)11(8-10)9-16-7-6-14(2,3)13(17)18/h4-5,8,16H,6-7,9H2,1-3H3,(H,17,18). The van der Waals surface area contributed by atoms with Crippen molar-refractivity contribution in [1.29, 1.82) is 0 Å². The minimum Gasteiger partial charge on any atom is -0.481 e. The van der Waals surface area contributed by atoms with Gasteiger partial charge in [-0.1, -0.05) is 17.7 Å². The van der Waals surface area contributed by atoms with Crippen LogP contribution < -0.4 is 5.32 Å². The Morgan fingerprint density at radius 2 is 2.11 bits per heavy atom. The van der Waals surface area contributed by atoms with Crippen LogP contribution in [0.3, 0.4) is 0 Å². The monoisotopic (exact) mass is 253 g/mol. The van der Waals surface area contributed by atoms with Crippen molar-refractivity contribution in [2.24, 2.45) is 5.41 Å². The van der Waals surface area contributed by atoms with E-state index in [1.54, 1.807) is 26.0 Å². The summed E-state index contributed by atoms with van der Waals surface area (Å²) < 4.78 is 13.4. The molecule has 0 heterocycles. The van der Waals surface area contributed by atoms with Gasteiger partial charge in [0.2, 0.25) is 0 Å². The molecule has 0 atom stereocenters. The summed E-state index contributed by atoms with van der Waals surface area (Å²) in [7, 11) is 0. The molecule has 0 aliphatic heterocycles. The third-order valence-corrected chi connectivity index (χ3v) is 3.02. The fraction of sp³-hybridized carbons (Fsp3) is 0.500. The molecule has 100 valence electrons. The molecule has 0 fully saturated rings. The van der Waals surface area contributed by atoms with Crippen LogP contribution in [0.2, 0.25) is 0 Å². The van der Waals surface area contributed by atoms with E-state index in [9.17, 15) is 9.18 Å². The normalized spacial score (nSPS) is 11.6. The molecule has 3 nitrogen and oxygen atoms in total. The average Bonchev–Trinajstić information content (AvgIpc) is 2.28. The molecule has 1 aromatic carbocycles. The van der Waals surface area contributed by atoms with Crippen LogP contribution >= 0.6 is 0 Å². The van der Waals surface area contributed by atoms with Gasteiger partial charge in [0.05, 0.1) is 5.41 Å². The molecule has 0 saturated heterocycles. The molecule has 18 heavy (non-hydrogen) atoms. The van der Waals surface area contributed by atoms with Crippen LogP contribution in [0.4, 0.5) is 4.39 Å². The summed E-state index contributed by atoms with van der Waals surface area (Å²) in [5.74, 6) is -1.04. The molecule has 0 unspecified atom stereocenters. The van der Waals surface area contributed by atoms with Crippen molar-refractivity contribution in [2.45, 2.75) is 33.7 Å². The number of carbonyl (C=O) groups is 1. The highest BCUT2D eigenvalue weighted by Crippen LogP contribution is 2.19. The number of rotatable bonds is 6. The topological polar surface area (TPSA) is 49.3 Å². The number of hydrogen-bond acceptors (Lipinski definition) is 2. The van der Waals surface area contributed by atoms with Gasteiger partial charge in [-0.2, -0.15) is 0 Å². The first-order valence-corrected chi connectivity index (χ1v) is 6.02. The first kappa shape index (κ1) is 14.6. The van der Waals surface area contributed by atoms with Gasteiger partial charge in [-0.15, -0.1) is 0 Å². The number of carboxylic acid groups (broad SMARTS) is 1. The van der Waals surface area contributed by atoms with Crippen LogP contribution in [0.15, 0.2) is 18.2 Å². The van der Waals surface area contributed by atoms with E-state index in [0.717, 1.165) is 5.56 Å². The Morgan fingerprint density at radius 1 is 1.44 bits per heavy atom. The summed E-state index contributed by atoms with van der Waals surface area (Å²) in [6.45, 7) is 6.25. The number of benzene rings is 1. The third-order valence-electron chi connectivity index (χ3n) is 3.02. The van der Waals surface area contributed by atoms with Gasteiger partial charge in [0.25, 0.3) is 0 Å². The van der Waals surface area contributed by atoms with Crippen LogP contribution in [-0.2, 0) is 11.3 Å². The summed E-state index contributed by atoms with van der Waals surface area (Å²) >= 11 is 0. The third kappa shape index (κ3) is 4.11. The SMILES string of the molecule is Cc1ccc(F)c(CNCCC(C)(C)C(=O)O)c1. The molecule has 0 bridgehead atoms. The molecule has 1 rings (SSSR count). The molecule has 1 aromatic rings. The first-order valence-electron chi connectivity index (χ1n) is 6.02. The zero-order valence-electron chi connectivity index (χ0n) is 11.1. The highest BCUT2D eigenvalue weighted by Gasteiger charge is 2.26. The second-order valence-corrected chi connectivity index (χ2v) is 5.21. The highest BCUT2D eigenvalue weighted by atomic mass is 19.1. The van der Waals surface area contributed by atoms with Gasteiger partial charge in [0.1, 0.15) is 5.82 Å². The Bertz CT molecular complexity index is 430. The van der Waals surface area contributed by atoms with Crippen LogP contribution in [-0.4, -0.2) is 17.6 Å². The molecule has 0 spiro atoms. The van der Waals surface area contributed by atoms with Gasteiger partial charge in [0.15, 0.2) is 0 Å². The summed E-state index contributed by atoms with van der Waals surface area (Å²) in [5.41, 5.74) is 0.875. The maximum absolute atomic E-state index is 13.4. The quantitative estimate of drug-likeness (QED) is 0.766. The lowest BCUT2D eigenvalue weighted by Gasteiger charge is -2.19. The summed E-state index contributed by atoms with van der Waals surface area (Å²) in [6, 6.07) is 4.98. The minimum absolute atomic E-state index is 0.231. The van der Waals surface area contributed by atoms with E-state index in [1.165, 1.54) is 6.07 Å². The van der Waals surface area contributed by atoms with Gasteiger partial charge in [-0.25, -0.2) is 4.39 Å². The molecular weight excluding hydrogens is 233 g/mol. The fourth-order valence-corrected chi connectivity index (χ4v) is 1.57. The van der Waals surface area contributed by atoms with E-state index in [4.69, 9.17) is 5.11 Å². The highest BCUT2D eigenvalue weighted by molar-refractivity contribution is 5.73. The number of nitrogens with one attached hydrogen (secondary N) is 1. The predicted octanol–water partition coefficient (Wildman–Crippen LogP) is 2.72. The summed E-state index contributed by atoms with van der Waals surface area (Å²) in [5, 5.41) is 12.0. The Kier molecular flexibility index (Phi) is 4.84. The van der Waals surface area contributed by atoms with Gasteiger partial charge >= 0.3 is 5.97 Å². The van der Waals surface area contributed by atoms with Crippen LogP contribution in [0.25, 0.3) is 0 Å². The zero-order valence-corrected chi connectivity index (χ0v) is 11.1. The molecule has 0 aromatic heterocycles. The van der Waals surface area contributed by atoms with Crippen molar-refractivity contribution < 1.29 is 14.3 Å². The molecule has 4 heteroatoms. The van der Waals surface area contributed by atoms with E-state index >= 15 is 0 Å². The van der Waals surface area contributed by atoms with Crippen LogP contribution in [0, 0.1) is 18.2 Å². The number of halogens is 1. The maximum atomic E-state index is 13.4. The number of hydrogen-bond donors (Lipinski definition) is 2. The van der Waals surface area contributed by atoms with Crippen molar-refractivity contribution in [3.05, 3.63) is 35.1 Å². The van der Waals surface area contributed by atoms with E-state index in [1.807, 2.05) is 6.92 Å². The lowest BCUT2D eigenvalue weighted by molar-refractivity contribution is -0.147. The van der Waals surface area contributed by atoms with E-state index in [-0.39, 0.29) is 5.82 Å². The van der Waals surface area contributed by atoms with E-state index in [0.29, 0.717) is 25.1 Å². The fourth-order valence-electron chi connectivity index (χ4n) is 1.57. The molecule has 0 aliphatic rings. The van der Waals surface area contributed by atoms with Crippen molar-refractivity contribution in [3.8, 4) is 0 Å². The average molecular weight is 253 g/mol. The second kappa shape index (κ2) is 5.96. The molecule has 0 amide bonds. The molecule has 0 saturated carbocycles. The van der Waals surface area contributed by atoms with Gasteiger partial charge < -0.3 is 10.4 Å². The molecule has 0 aliphatic carbocycles. The Balaban J connectivity index is 2.43. The number of aliphatic carboxylic acids is 1.